The Hall–Kier alpha value is -1.01. The first kappa shape index (κ1) is 16.2. The lowest BCUT2D eigenvalue weighted by molar-refractivity contribution is -0.0191. The van der Waals surface area contributed by atoms with Crippen LogP contribution in [-0.4, -0.2) is 16.1 Å². The summed E-state index contributed by atoms with van der Waals surface area (Å²) in [6, 6.07) is 8.12. The van der Waals surface area contributed by atoms with Crippen LogP contribution in [0.25, 0.3) is 0 Å². The second kappa shape index (κ2) is 6.31. The molecule has 1 heterocycles. The molecule has 25 heavy (non-hydrogen) atoms. The molecule has 6 heteroatoms. The molecular formula is C19H22BrN3OS. The third-order valence-corrected chi connectivity index (χ3v) is 7.62. The number of hydrogen-bond donors (Lipinski definition) is 1. The number of rotatable bonds is 5. The van der Waals surface area contributed by atoms with Crippen molar-refractivity contribution in [1.82, 2.24) is 10.2 Å². The summed E-state index contributed by atoms with van der Waals surface area (Å²) < 4.78 is 7.19. The van der Waals surface area contributed by atoms with Crippen molar-refractivity contribution in [3.8, 4) is 0 Å². The molecule has 0 aliphatic heterocycles. The van der Waals surface area contributed by atoms with Gasteiger partial charge in [-0.2, -0.15) is 0 Å². The zero-order valence-corrected chi connectivity index (χ0v) is 16.5. The molecule has 132 valence electrons. The summed E-state index contributed by atoms with van der Waals surface area (Å²) >= 11 is 5.13. The van der Waals surface area contributed by atoms with Gasteiger partial charge in [-0.15, -0.1) is 10.2 Å². The topological polar surface area (TPSA) is 51.0 Å². The fourth-order valence-corrected chi connectivity index (χ4v) is 6.65. The first-order valence-electron chi connectivity index (χ1n) is 9.15. The van der Waals surface area contributed by atoms with Crippen molar-refractivity contribution in [2.45, 2.75) is 49.2 Å². The fraction of sp³-hybridized carbons (Fsp3) is 0.579. The first-order valence-corrected chi connectivity index (χ1v) is 10.9. The van der Waals surface area contributed by atoms with Crippen molar-refractivity contribution < 1.29 is 4.42 Å². The standard InChI is InChI=1S/C19H22BrN3OS/c20-15-3-1-2-4-16(15)21-11-25-18-23-22-17(24-18)19-8-12-5-13(9-19)7-14(6-12)10-19/h1-4,12-14,21H,5-11H2. The van der Waals surface area contributed by atoms with E-state index in [1.807, 2.05) is 18.2 Å². The number of thioether (sulfide) groups is 1. The molecule has 1 aromatic heterocycles. The zero-order chi connectivity index (χ0) is 16.9. The maximum atomic E-state index is 6.13. The van der Waals surface area contributed by atoms with Crippen LogP contribution in [0.4, 0.5) is 5.69 Å². The lowest BCUT2D eigenvalue weighted by Gasteiger charge is -2.55. The first-order chi connectivity index (χ1) is 12.2. The van der Waals surface area contributed by atoms with Gasteiger partial charge in [-0.05, 0) is 96.1 Å². The van der Waals surface area contributed by atoms with Gasteiger partial charge in [-0.25, -0.2) is 0 Å². The lowest BCUT2D eigenvalue weighted by Crippen LogP contribution is -2.48. The van der Waals surface area contributed by atoms with Crippen molar-refractivity contribution in [2.24, 2.45) is 17.8 Å². The molecule has 1 N–H and O–H groups in total. The highest BCUT2D eigenvalue weighted by atomic mass is 79.9. The molecule has 0 unspecified atom stereocenters. The van der Waals surface area contributed by atoms with Gasteiger partial charge in [0.15, 0.2) is 0 Å². The average molecular weight is 420 g/mol. The Morgan fingerprint density at radius 2 is 1.76 bits per heavy atom. The Morgan fingerprint density at radius 1 is 1.08 bits per heavy atom. The molecule has 4 aliphatic rings. The third kappa shape index (κ3) is 3.01. The Bertz CT molecular complexity index is 742. The predicted octanol–water partition coefficient (Wildman–Crippen LogP) is 5.46. The van der Waals surface area contributed by atoms with Crippen molar-refractivity contribution in [3.63, 3.8) is 0 Å². The number of halogens is 1. The minimum absolute atomic E-state index is 0.191. The third-order valence-electron chi connectivity index (χ3n) is 6.23. The number of benzene rings is 1. The van der Waals surface area contributed by atoms with Crippen molar-refractivity contribution >= 4 is 33.4 Å². The van der Waals surface area contributed by atoms with Gasteiger partial charge >= 0.3 is 0 Å². The highest BCUT2D eigenvalue weighted by Gasteiger charge is 2.54. The van der Waals surface area contributed by atoms with Gasteiger partial charge in [0.1, 0.15) is 0 Å². The van der Waals surface area contributed by atoms with Crippen molar-refractivity contribution in [2.75, 3.05) is 11.2 Å². The van der Waals surface area contributed by atoms with E-state index in [9.17, 15) is 0 Å². The van der Waals surface area contributed by atoms with E-state index in [1.165, 1.54) is 38.5 Å². The van der Waals surface area contributed by atoms with Gasteiger partial charge < -0.3 is 9.73 Å². The van der Waals surface area contributed by atoms with E-state index in [4.69, 9.17) is 4.42 Å². The number of para-hydroxylation sites is 1. The van der Waals surface area contributed by atoms with E-state index in [1.54, 1.807) is 11.8 Å². The van der Waals surface area contributed by atoms with Gasteiger partial charge in [-0.3, -0.25) is 0 Å². The van der Waals surface area contributed by atoms with E-state index >= 15 is 0 Å². The summed E-state index contributed by atoms with van der Waals surface area (Å²) in [5, 5.41) is 12.9. The summed E-state index contributed by atoms with van der Waals surface area (Å²) in [6.07, 6.45) is 8.10. The zero-order valence-electron chi connectivity index (χ0n) is 14.1. The average Bonchev–Trinajstić information content (AvgIpc) is 3.05. The summed E-state index contributed by atoms with van der Waals surface area (Å²) in [6.45, 7) is 0. The maximum absolute atomic E-state index is 6.13. The summed E-state index contributed by atoms with van der Waals surface area (Å²) in [7, 11) is 0. The Balaban J connectivity index is 1.26. The summed E-state index contributed by atoms with van der Waals surface area (Å²) in [5.41, 5.74) is 1.27. The molecule has 4 aliphatic carbocycles. The van der Waals surface area contributed by atoms with E-state index < -0.39 is 0 Å². The second-order valence-corrected chi connectivity index (χ2v) is 9.80. The van der Waals surface area contributed by atoms with Crippen LogP contribution in [0.1, 0.15) is 44.4 Å². The number of hydrogen-bond acceptors (Lipinski definition) is 5. The van der Waals surface area contributed by atoms with Crippen molar-refractivity contribution in [3.05, 3.63) is 34.6 Å². The number of aromatic nitrogens is 2. The van der Waals surface area contributed by atoms with Crippen LogP contribution >= 0.6 is 27.7 Å². The van der Waals surface area contributed by atoms with E-state index in [0.29, 0.717) is 11.1 Å². The molecule has 4 bridgehead atoms. The molecule has 6 rings (SSSR count). The van der Waals surface area contributed by atoms with Crippen LogP contribution in [-0.2, 0) is 5.41 Å². The molecule has 0 spiro atoms. The number of nitrogens with one attached hydrogen (secondary N) is 1. The van der Waals surface area contributed by atoms with E-state index in [2.05, 4.69) is 37.5 Å². The van der Waals surface area contributed by atoms with Gasteiger partial charge in [0.05, 0.1) is 5.88 Å². The highest BCUT2D eigenvalue weighted by molar-refractivity contribution is 9.10. The molecule has 1 aromatic carbocycles. The molecular weight excluding hydrogens is 398 g/mol. The summed E-state index contributed by atoms with van der Waals surface area (Å²) in [5.74, 6) is 4.31. The number of anilines is 1. The normalized spacial score (nSPS) is 32.9. The minimum atomic E-state index is 0.191. The molecule has 0 radical (unpaired) electrons. The van der Waals surface area contributed by atoms with Gasteiger partial charge in [0.25, 0.3) is 5.22 Å². The Morgan fingerprint density at radius 3 is 2.44 bits per heavy atom. The highest BCUT2D eigenvalue weighted by Crippen LogP contribution is 2.60. The van der Waals surface area contributed by atoms with E-state index in [-0.39, 0.29) is 5.41 Å². The number of nitrogens with zero attached hydrogens (tertiary/aromatic N) is 2. The Labute approximate surface area is 160 Å². The molecule has 0 saturated heterocycles. The molecule has 0 atom stereocenters. The summed E-state index contributed by atoms with van der Waals surface area (Å²) in [4.78, 5) is 0. The van der Waals surface area contributed by atoms with Gasteiger partial charge in [0.2, 0.25) is 5.89 Å². The van der Waals surface area contributed by atoms with Gasteiger partial charge in [-0.1, -0.05) is 12.1 Å². The lowest BCUT2D eigenvalue weighted by atomic mass is 9.49. The largest absolute Gasteiger partial charge is 0.415 e. The molecule has 4 nitrogen and oxygen atoms in total. The van der Waals surface area contributed by atoms with Crippen LogP contribution in [0, 0.1) is 17.8 Å². The molecule has 2 aromatic rings. The van der Waals surface area contributed by atoms with Crippen LogP contribution in [0.5, 0.6) is 0 Å². The minimum Gasteiger partial charge on any atom is -0.415 e. The molecule has 0 amide bonds. The maximum Gasteiger partial charge on any atom is 0.278 e. The van der Waals surface area contributed by atoms with Crippen LogP contribution in [0.3, 0.4) is 0 Å². The SMILES string of the molecule is Brc1ccccc1NCSc1nnc(C23CC4CC(CC(C4)C2)C3)o1. The fourth-order valence-electron chi connectivity index (χ4n) is 5.64. The smallest absolute Gasteiger partial charge is 0.278 e. The van der Waals surface area contributed by atoms with E-state index in [0.717, 1.165) is 33.8 Å². The van der Waals surface area contributed by atoms with Crippen LogP contribution in [0.15, 0.2) is 38.4 Å². The molecule has 4 saturated carbocycles. The van der Waals surface area contributed by atoms with Crippen LogP contribution in [0.2, 0.25) is 0 Å². The van der Waals surface area contributed by atoms with Gasteiger partial charge in [0, 0.05) is 15.6 Å². The Kier molecular flexibility index (Phi) is 4.08. The molecule has 4 fully saturated rings. The quantitative estimate of drug-likeness (QED) is 0.514. The monoisotopic (exact) mass is 419 g/mol. The van der Waals surface area contributed by atoms with Crippen LogP contribution < -0.4 is 5.32 Å². The predicted molar refractivity (Wildman–Crippen MR) is 103 cm³/mol. The second-order valence-electron chi connectivity index (χ2n) is 8.02. The van der Waals surface area contributed by atoms with Crippen molar-refractivity contribution in [1.29, 1.82) is 0 Å².